The Hall–Kier alpha value is -4.76. The Bertz CT molecular complexity index is 1560. The van der Waals surface area contributed by atoms with E-state index in [0.717, 1.165) is 33.0 Å². The van der Waals surface area contributed by atoms with Crippen LogP contribution in [0.4, 0.5) is 0 Å². The highest BCUT2D eigenvalue weighted by molar-refractivity contribution is 5.87. The van der Waals surface area contributed by atoms with E-state index in [1.807, 2.05) is 74.5 Å². The monoisotopic (exact) mass is 476 g/mol. The molecule has 0 aliphatic carbocycles. The average Bonchev–Trinajstić information content (AvgIpc) is 2.88. The Labute approximate surface area is 209 Å². The van der Waals surface area contributed by atoms with Crippen molar-refractivity contribution in [1.82, 2.24) is 0 Å². The lowest BCUT2D eigenvalue weighted by Gasteiger charge is -2.27. The highest BCUT2D eigenvalue weighted by Gasteiger charge is 2.32. The number of nitrogens with zero attached hydrogens (tertiary/aromatic N) is 1. The van der Waals surface area contributed by atoms with Gasteiger partial charge in [-0.1, -0.05) is 60.7 Å². The predicted molar refractivity (Wildman–Crippen MR) is 137 cm³/mol. The van der Waals surface area contributed by atoms with Gasteiger partial charge in [0.05, 0.1) is 5.92 Å². The smallest absolute Gasteiger partial charge is 0.349 e. The number of hydrogen-bond acceptors (Lipinski definition) is 6. The van der Waals surface area contributed by atoms with Gasteiger partial charge in [0.25, 0.3) is 0 Å². The van der Waals surface area contributed by atoms with Crippen molar-refractivity contribution in [2.75, 3.05) is 6.61 Å². The van der Waals surface area contributed by atoms with E-state index in [4.69, 9.17) is 19.9 Å². The van der Waals surface area contributed by atoms with Gasteiger partial charge in [-0.25, -0.2) is 4.79 Å². The first-order valence-corrected chi connectivity index (χ1v) is 11.5. The third-order valence-electron chi connectivity index (χ3n) is 6.46. The molecule has 0 spiro atoms. The van der Waals surface area contributed by atoms with Gasteiger partial charge in [0.15, 0.2) is 6.61 Å². The summed E-state index contributed by atoms with van der Waals surface area (Å²) in [7, 11) is 0. The summed E-state index contributed by atoms with van der Waals surface area (Å²) in [6.07, 6.45) is 0. The highest BCUT2D eigenvalue weighted by Crippen LogP contribution is 2.45. The number of carbonyl (C=O) groups is 1. The third-order valence-corrected chi connectivity index (χ3v) is 6.46. The first kappa shape index (κ1) is 23.0. The fourth-order valence-electron chi connectivity index (χ4n) is 4.50. The summed E-state index contributed by atoms with van der Waals surface area (Å²) < 4.78 is 17.0. The van der Waals surface area contributed by atoms with Crippen molar-refractivity contribution >= 4 is 16.7 Å². The standard InChI is InChI=1S/C30H24N2O4/c1-18-7-5-12-26(19(18)2)34-17-28(33)35-21-13-14-24-27(15-21)36-30(32)25(16-31)29(24)23-11-6-9-20-8-3-4-10-22(20)23/h3-15,29H,17,32H2,1-2H3. The molecule has 0 radical (unpaired) electrons. The van der Waals surface area contributed by atoms with Gasteiger partial charge in [0, 0.05) is 11.6 Å². The zero-order valence-electron chi connectivity index (χ0n) is 19.9. The maximum Gasteiger partial charge on any atom is 0.349 e. The number of rotatable bonds is 5. The molecule has 0 saturated carbocycles. The predicted octanol–water partition coefficient (Wildman–Crippen LogP) is 5.66. The summed E-state index contributed by atoms with van der Waals surface area (Å²) in [5.41, 5.74) is 10.3. The number of allylic oxidation sites excluding steroid dienone is 1. The second-order valence-corrected chi connectivity index (χ2v) is 8.65. The van der Waals surface area contributed by atoms with E-state index in [0.29, 0.717) is 22.8 Å². The van der Waals surface area contributed by atoms with Crippen molar-refractivity contribution in [3.05, 3.63) is 113 Å². The maximum atomic E-state index is 12.5. The van der Waals surface area contributed by atoms with E-state index >= 15 is 0 Å². The number of fused-ring (bicyclic) bond motifs is 2. The molecule has 5 rings (SSSR count). The van der Waals surface area contributed by atoms with Gasteiger partial charge in [-0.15, -0.1) is 0 Å². The number of benzene rings is 4. The van der Waals surface area contributed by atoms with Crippen LogP contribution in [0.5, 0.6) is 17.2 Å². The molecule has 6 nitrogen and oxygen atoms in total. The number of nitriles is 1. The molecule has 4 aromatic carbocycles. The average molecular weight is 477 g/mol. The number of ether oxygens (including phenoxy) is 3. The minimum Gasteiger partial charge on any atom is -0.482 e. The summed E-state index contributed by atoms with van der Waals surface area (Å²) in [4.78, 5) is 12.5. The van der Waals surface area contributed by atoms with Gasteiger partial charge in [0.1, 0.15) is 28.9 Å². The Kier molecular flexibility index (Phi) is 6.05. The Morgan fingerprint density at radius 2 is 1.78 bits per heavy atom. The molecule has 0 fully saturated rings. The molecule has 0 amide bonds. The second-order valence-electron chi connectivity index (χ2n) is 8.65. The number of hydrogen-bond donors (Lipinski definition) is 1. The SMILES string of the molecule is Cc1cccc(OCC(=O)Oc2ccc3c(c2)OC(N)=C(C#N)C3c2cccc3ccccc23)c1C. The topological polar surface area (TPSA) is 94.6 Å². The molecule has 1 aliphatic rings. The summed E-state index contributed by atoms with van der Waals surface area (Å²) in [5.74, 6) is 0.448. The van der Waals surface area contributed by atoms with E-state index in [9.17, 15) is 10.1 Å². The van der Waals surface area contributed by atoms with E-state index in [1.54, 1.807) is 18.2 Å². The Morgan fingerprint density at radius 1 is 1.00 bits per heavy atom. The molecule has 6 heteroatoms. The first-order chi connectivity index (χ1) is 17.5. The molecule has 0 saturated heterocycles. The van der Waals surface area contributed by atoms with Gasteiger partial charge in [-0.2, -0.15) is 5.26 Å². The highest BCUT2D eigenvalue weighted by atomic mass is 16.6. The lowest BCUT2D eigenvalue weighted by Crippen LogP contribution is -2.22. The number of carbonyl (C=O) groups excluding carboxylic acids is 1. The van der Waals surface area contributed by atoms with Crippen molar-refractivity contribution in [3.8, 4) is 23.3 Å². The van der Waals surface area contributed by atoms with Crippen molar-refractivity contribution in [2.45, 2.75) is 19.8 Å². The van der Waals surface area contributed by atoms with Crippen LogP contribution in [-0.2, 0) is 4.79 Å². The fraction of sp³-hybridized carbons (Fsp3) is 0.133. The summed E-state index contributed by atoms with van der Waals surface area (Å²) in [5, 5.41) is 12.0. The molecule has 2 N–H and O–H groups in total. The normalized spacial score (nSPS) is 14.5. The van der Waals surface area contributed by atoms with Gasteiger partial charge >= 0.3 is 5.97 Å². The summed E-state index contributed by atoms with van der Waals surface area (Å²) in [6, 6.07) is 27.0. The fourth-order valence-corrected chi connectivity index (χ4v) is 4.50. The van der Waals surface area contributed by atoms with Crippen LogP contribution in [0.25, 0.3) is 10.8 Å². The van der Waals surface area contributed by atoms with Crippen LogP contribution >= 0.6 is 0 Å². The molecule has 0 aromatic heterocycles. The molecule has 1 atom stereocenters. The Morgan fingerprint density at radius 3 is 2.61 bits per heavy atom. The van der Waals surface area contributed by atoms with E-state index < -0.39 is 11.9 Å². The van der Waals surface area contributed by atoms with Gasteiger partial charge < -0.3 is 19.9 Å². The van der Waals surface area contributed by atoms with Crippen LogP contribution < -0.4 is 19.9 Å². The zero-order valence-corrected chi connectivity index (χ0v) is 19.9. The van der Waals surface area contributed by atoms with Crippen LogP contribution in [0.2, 0.25) is 0 Å². The molecule has 1 heterocycles. The van der Waals surface area contributed by atoms with Crippen molar-refractivity contribution in [2.24, 2.45) is 5.73 Å². The molecule has 36 heavy (non-hydrogen) atoms. The van der Waals surface area contributed by atoms with Gasteiger partial charge in [0.2, 0.25) is 5.88 Å². The first-order valence-electron chi connectivity index (χ1n) is 11.5. The van der Waals surface area contributed by atoms with Crippen LogP contribution in [0.15, 0.2) is 90.3 Å². The number of aryl methyl sites for hydroxylation is 1. The van der Waals surface area contributed by atoms with E-state index in [1.165, 1.54) is 0 Å². The van der Waals surface area contributed by atoms with Crippen LogP contribution in [-0.4, -0.2) is 12.6 Å². The summed E-state index contributed by atoms with van der Waals surface area (Å²) in [6.45, 7) is 3.69. The van der Waals surface area contributed by atoms with Crippen molar-refractivity contribution < 1.29 is 19.0 Å². The summed E-state index contributed by atoms with van der Waals surface area (Å²) >= 11 is 0. The van der Waals surface area contributed by atoms with Crippen molar-refractivity contribution in [1.29, 1.82) is 5.26 Å². The molecular weight excluding hydrogens is 452 g/mol. The third kappa shape index (κ3) is 4.23. The number of nitrogens with two attached hydrogens (primary N) is 1. The molecule has 4 aromatic rings. The van der Waals surface area contributed by atoms with Gasteiger partial charge in [-0.05, 0) is 53.4 Å². The molecular formula is C30H24N2O4. The molecule has 178 valence electrons. The minimum atomic E-state index is -0.543. The molecule has 0 bridgehead atoms. The minimum absolute atomic E-state index is 0.0321. The van der Waals surface area contributed by atoms with Crippen LogP contribution in [0.3, 0.4) is 0 Å². The van der Waals surface area contributed by atoms with Gasteiger partial charge in [-0.3, -0.25) is 0 Å². The van der Waals surface area contributed by atoms with E-state index in [-0.39, 0.29) is 12.5 Å². The van der Waals surface area contributed by atoms with E-state index in [2.05, 4.69) is 6.07 Å². The quantitative estimate of drug-likeness (QED) is 0.295. The second kappa shape index (κ2) is 9.47. The molecule has 1 unspecified atom stereocenters. The molecule has 1 aliphatic heterocycles. The maximum absolute atomic E-state index is 12.5. The largest absolute Gasteiger partial charge is 0.482 e. The Balaban J connectivity index is 1.43. The van der Waals surface area contributed by atoms with Crippen LogP contribution in [0, 0.1) is 25.2 Å². The van der Waals surface area contributed by atoms with Crippen molar-refractivity contribution in [3.63, 3.8) is 0 Å². The number of esters is 1. The lowest BCUT2D eigenvalue weighted by molar-refractivity contribution is -0.136. The zero-order chi connectivity index (χ0) is 25.2. The lowest BCUT2D eigenvalue weighted by atomic mass is 9.81. The van der Waals surface area contributed by atoms with Crippen LogP contribution in [0.1, 0.15) is 28.2 Å².